The van der Waals surface area contributed by atoms with Gasteiger partial charge in [-0.1, -0.05) is 19.8 Å². The predicted octanol–water partition coefficient (Wildman–Crippen LogP) is 3.80. The van der Waals surface area contributed by atoms with E-state index in [1.807, 2.05) is 0 Å². The zero-order valence-electron chi connectivity index (χ0n) is 9.70. The van der Waals surface area contributed by atoms with Crippen molar-refractivity contribution in [2.45, 2.75) is 44.5 Å². The third kappa shape index (κ3) is 4.95. The van der Waals surface area contributed by atoms with Gasteiger partial charge < -0.3 is 5.32 Å². The van der Waals surface area contributed by atoms with Gasteiger partial charge in [-0.25, -0.2) is 0 Å². The molecule has 0 amide bonds. The van der Waals surface area contributed by atoms with Crippen LogP contribution in [0.4, 0.5) is 13.2 Å². The van der Waals surface area contributed by atoms with Crippen LogP contribution in [0, 0.1) is 5.41 Å². The van der Waals surface area contributed by atoms with E-state index < -0.39 is 5.51 Å². The monoisotopic (exact) mass is 255 g/mol. The van der Waals surface area contributed by atoms with Gasteiger partial charge in [-0.05, 0) is 36.4 Å². The second-order valence-corrected chi connectivity index (χ2v) is 5.69. The van der Waals surface area contributed by atoms with Crippen molar-refractivity contribution in [3.8, 4) is 0 Å². The van der Waals surface area contributed by atoms with Crippen molar-refractivity contribution in [2.75, 3.05) is 18.8 Å². The minimum absolute atomic E-state index is 0.0601. The van der Waals surface area contributed by atoms with Gasteiger partial charge in [0.25, 0.3) is 0 Å². The normalized spacial score (nSPS) is 20.2. The predicted molar refractivity (Wildman–Crippen MR) is 62.6 cm³/mol. The molecule has 5 heteroatoms. The molecule has 0 heterocycles. The molecule has 1 aliphatic carbocycles. The first-order chi connectivity index (χ1) is 7.47. The maximum atomic E-state index is 11.9. The fourth-order valence-electron chi connectivity index (χ4n) is 2.37. The van der Waals surface area contributed by atoms with E-state index in [0.717, 1.165) is 13.0 Å². The van der Waals surface area contributed by atoms with Crippen LogP contribution in [-0.4, -0.2) is 24.4 Å². The average Bonchev–Trinajstić information content (AvgIpc) is 2.65. The molecule has 0 radical (unpaired) electrons. The average molecular weight is 255 g/mol. The van der Waals surface area contributed by atoms with Gasteiger partial charge in [-0.3, -0.25) is 0 Å². The Kier molecular flexibility index (Phi) is 5.44. The van der Waals surface area contributed by atoms with Crippen molar-refractivity contribution in [3.05, 3.63) is 0 Å². The first kappa shape index (κ1) is 14.2. The van der Waals surface area contributed by atoms with Crippen LogP contribution in [0.2, 0.25) is 0 Å². The van der Waals surface area contributed by atoms with Gasteiger partial charge in [-0.2, -0.15) is 13.2 Å². The smallest absolute Gasteiger partial charge is 0.315 e. The highest BCUT2D eigenvalue weighted by Gasteiger charge is 2.31. The first-order valence-electron chi connectivity index (χ1n) is 5.89. The Morgan fingerprint density at radius 1 is 1.25 bits per heavy atom. The van der Waals surface area contributed by atoms with Crippen molar-refractivity contribution in [1.82, 2.24) is 5.32 Å². The molecule has 96 valence electrons. The largest absolute Gasteiger partial charge is 0.441 e. The summed E-state index contributed by atoms with van der Waals surface area (Å²) < 4.78 is 35.6. The van der Waals surface area contributed by atoms with Crippen molar-refractivity contribution in [2.24, 2.45) is 5.41 Å². The zero-order valence-corrected chi connectivity index (χ0v) is 10.5. The van der Waals surface area contributed by atoms with E-state index in [1.54, 1.807) is 0 Å². The molecule has 16 heavy (non-hydrogen) atoms. The molecular formula is C11H20F3NS. The Labute approximate surface area is 99.6 Å². The molecule has 0 spiro atoms. The minimum atomic E-state index is -4.09. The standard InChI is InChI=1S/C11H20F3NS/c1-2-10(5-3-4-6-10)9-15-7-8-16-11(12,13)14/h15H,2-9H2,1H3. The van der Waals surface area contributed by atoms with Crippen LogP contribution < -0.4 is 5.32 Å². The first-order valence-corrected chi connectivity index (χ1v) is 6.87. The summed E-state index contributed by atoms with van der Waals surface area (Å²) in [5.41, 5.74) is -3.72. The van der Waals surface area contributed by atoms with E-state index >= 15 is 0 Å². The summed E-state index contributed by atoms with van der Waals surface area (Å²) in [4.78, 5) is 0. The van der Waals surface area contributed by atoms with Crippen LogP contribution >= 0.6 is 11.8 Å². The molecule has 0 aromatic carbocycles. The van der Waals surface area contributed by atoms with Crippen LogP contribution in [0.3, 0.4) is 0 Å². The fourth-order valence-corrected chi connectivity index (χ4v) is 2.85. The van der Waals surface area contributed by atoms with Gasteiger partial charge in [-0.15, -0.1) is 0 Å². The van der Waals surface area contributed by atoms with Crippen molar-refractivity contribution >= 4 is 11.8 Å². The number of alkyl halides is 3. The lowest BCUT2D eigenvalue weighted by atomic mass is 9.83. The van der Waals surface area contributed by atoms with Crippen LogP contribution in [0.5, 0.6) is 0 Å². The summed E-state index contributed by atoms with van der Waals surface area (Å²) in [6.45, 7) is 3.51. The summed E-state index contributed by atoms with van der Waals surface area (Å²) in [6, 6.07) is 0. The second-order valence-electron chi connectivity index (χ2n) is 4.53. The summed E-state index contributed by atoms with van der Waals surface area (Å²) in [7, 11) is 0. The van der Waals surface area contributed by atoms with Crippen molar-refractivity contribution in [3.63, 3.8) is 0 Å². The lowest BCUT2D eigenvalue weighted by molar-refractivity contribution is -0.0327. The molecule has 0 aromatic rings. The summed E-state index contributed by atoms with van der Waals surface area (Å²) >= 11 is 0.0601. The number of rotatable bonds is 6. The molecule has 1 aliphatic rings. The molecule has 1 fully saturated rings. The van der Waals surface area contributed by atoms with Crippen LogP contribution in [0.15, 0.2) is 0 Å². The Balaban J connectivity index is 2.10. The third-order valence-electron chi connectivity index (χ3n) is 3.46. The van der Waals surface area contributed by atoms with Gasteiger partial charge in [0.05, 0.1) is 0 Å². The number of thioether (sulfide) groups is 1. The van der Waals surface area contributed by atoms with Gasteiger partial charge in [0.1, 0.15) is 0 Å². The van der Waals surface area contributed by atoms with Gasteiger partial charge in [0.2, 0.25) is 0 Å². The quantitative estimate of drug-likeness (QED) is 0.724. The molecule has 1 N–H and O–H groups in total. The molecule has 0 atom stereocenters. The van der Waals surface area contributed by atoms with E-state index in [9.17, 15) is 13.2 Å². The molecule has 0 bridgehead atoms. The highest BCUT2D eigenvalue weighted by Crippen LogP contribution is 2.40. The van der Waals surface area contributed by atoms with Crippen LogP contribution in [-0.2, 0) is 0 Å². The summed E-state index contributed by atoms with van der Waals surface area (Å²) in [5, 5.41) is 3.17. The highest BCUT2D eigenvalue weighted by atomic mass is 32.2. The minimum Gasteiger partial charge on any atom is -0.315 e. The maximum absolute atomic E-state index is 11.9. The molecule has 1 nitrogen and oxygen atoms in total. The molecule has 0 unspecified atom stereocenters. The van der Waals surface area contributed by atoms with E-state index in [2.05, 4.69) is 12.2 Å². The number of halogens is 3. The molecule has 0 aliphatic heterocycles. The summed E-state index contributed by atoms with van der Waals surface area (Å²) in [5.74, 6) is 0.114. The maximum Gasteiger partial charge on any atom is 0.441 e. The third-order valence-corrected chi connectivity index (χ3v) is 4.19. The highest BCUT2D eigenvalue weighted by molar-refractivity contribution is 8.00. The number of hydrogen-bond acceptors (Lipinski definition) is 2. The lowest BCUT2D eigenvalue weighted by Gasteiger charge is -2.27. The van der Waals surface area contributed by atoms with Crippen LogP contribution in [0.25, 0.3) is 0 Å². The Morgan fingerprint density at radius 2 is 1.88 bits per heavy atom. The fraction of sp³-hybridized carbons (Fsp3) is 1.00. The van der Waals surface area contributed by atoms with Crippen LogP contribution in [0.1, 0.15) is 39.0 Å². The lowest BCUT2D eigenvalue weighted by Crippen LogP contribution is -2.33. The Bertz CT molecular complexity index is 200. The molecule has 1 saturated carbocycles. The van der Waals surface area contributed by atoms with E-state index in [-0.39, 0.29) is 17.5 Å². The molecule has 1 rings (SSSR count). The van der Waals surface area contributed by atoms with E-state index in [0.29, 0.717) is 12.0 Å². The second kappa shape index (κ2) is 6.15. The van der Waals surface area contributed by atoms with E-state index in [1.165, 1.54) is 25.7 Å². The Hall–Kier alpha value is 0.100. The van der Waals surface area contributed by atoms with Crippen molar-refractivity contribution in [1.29, 1.82) is 0 Å². The van der Waals surface area contributed by atoms with E-state index in [4.69, 9.17) is 0 Å². The van der Waals surface area contributed by atoms with Crippen molar-refractivity contribution < 1.29 is 13.2 Å². The summed E-state index contributed by atoms with van der Waals surface area (Å²) in [6.07, 6.45) is 6.12. The molecular weight excluding hydrogens is 235 g/mol. The molecule has 0 saturated heterocycles. The zero-order chi connectivity index (χ0) is 12.1. The van der Waals surface area contributed by atoms with Gasteiger partial charge >= 0.3 is 5.51 Å². The van der Waals surface area contributed by atoms with Gasteiger partial charge in [0.15, 0.2) is 0 Å². The topological polar surface area (TPSA) is 12.0 Å². The Morgan fingerprint density at radius 3 is 2.38 bits per heavy atom. The van der Waals surface area contributed by atoms with Gasteiger partial charge in [0, 0.05) is 18.8 Å². The number of hydrogen-bond donors (Lipinski definition) is 1. The molecule has 0 aromatic heterocycles. The SMILES string of the molecule is CCC1(CNCCSC(F)(F)F)CCCC1. The number of nitrogens with one attached hydrogen (secondary N) is 1.